The van der Waals surface area contributed by atoms with Crippen LogP contribution in [0.4, 0.5) is 0 Å². The van der Waals surface area contributed by atoms with Gasteiger partial charge in [-0.1, -0.05) is 60.7 Å². The zero-order valence-corrected chi connectivity index (χ0v) is 16.4. The van der Waals surface area contributed by atoms with Crippen LogP contribution in [-0.2, 0) is 6.61 Å². The van der Waals surface area contributed by atoms with Gasteiger partial charge in [0.15, 0.2) is 0 Å². The Morgan fingerprint density at radius 3 is 2.64 bits per heavy atom. The minimum absolute atomic E-state index is 0.276. The molecule has 1 amide bonds. The smallest absolute Gasteiger partial charge is 0.275 e. The third kappa shape index (κ3) is 4.97. The van der Waals surface area contributed by atoms with E-state index >= 15 is 0 Å². The maximum absolute atomic E-state index is 12.7. The summed E-state index contributed by atoms with van der Waals surface area (Å²) in [7, 11) is 0. The SMILES string of the molecule is C=C(C)C1CC=C(C)/C(=N\NC(=O)c2ccccc2OCc2ccccc2)C1. The van der Waals surface area contributed by atoms with Gasteiger partial charge in [-0.05, 0) is 55.9 Å². The van der Waals surface area contributed by atoms with Crippen LogP contribution in [-0.4, -0.2) is 11.6 Å². The van der Waals surface area contributed by atoms with Crippen LogP contribution in [0.3, 0.4) is 0 Å². The fourth-order valence-electron chi connectivity index (χ4n) is 3.12. The summed E-state index contributed by atoms with van der Waals surface area (Å²) in [6.07, 6.45) is 3.93. The van der Waals surface area contributed by atoms with Gasteiger partial charge in [-0.3, -0.25) is 4.79 Å². The standard InChI is InChI=1S/C24H26N2O2/c1-17(2)20-14-13-18(3)22(15-20)25-26-24(27)21-11-7-8-12-23(21)28-16-19-9-5-4-6-10-19/h4-13,20H,1,14-16H2,2-3H3,(H,26,27)/b25-22-. The topological polar surface area (TPSA) is 50.7 Å². The van der Waals surface area contributed by atoms with Gasteiger partial charge in [0, 0.05) is 0 Å². The highest BCUT2D eigenvalue weighted by Gasteiger charge is 2.19. The highest BCUT2D eigenvalue weighted by Crippen LogP contribution is 2.26. The number of hydrogen-bond acceptors (Lipinski definition) is 3. The minimum Gasteiger partial charge on any atom is -0.488 e. The first-order chi connectivity index (χ1) is 13.5. The van der Waals surface area contributed by atoms with Crippen LogP contribution in [0.25, 0.3) is 0 Å². The average Bonchev–Trinajstić information content (AvgIpc) is 2.72. The monoisotopic (exact) mass is 374 g/mol. The second-order valence-corrected chi connectivity index (χ2v) is 7.14. The van der Waals surface area contributed by atoms with Crippen LogP contribution in [0.5, 0.6) is 5.75 Å². The van der Waals surface area contributed by atoms with Crippen molar-refractivity contribution in [1.82, 2.24) is 5.43 Å². The molecule has 1 unspecified atom stereocenters. The molecule has 0 aromatic heterocycles. The average molecular weight is 374 g/mol. The van der Waals surface area contributed by atoms with E-state index in [9.17, 15) is 4.79 Å². The van der Waals surface area contributed by atoms with E-state index in [-0.39, 0.29) is 5.91 Å². The fourth-order valence-corrected chi connectivity index (χ4v) is 3.12. The van der Waals surface area contributed by atoms with Gasteiger partial charge in [0.05, 0.1) is 11.3 Å². The van der Waals surface area contributed by atoms with Crippen LogP contribution >= 0.6 is 0 Å². The number of amides is 1. The largest absolute Gasteiger partial charge is 0.488 e. The van der Waals surface area contributed by atoms with Crippen LogP contribution in [0.2, 0.25) is 0 Å². The van der Waals surface area contributed by atoms with Crippen LogP contribution in [0.1, 0.15) is 42.6 Å². The Hall–Kier alpha value is -3.14. The molecule has 4 heteroatoms. The van der Waals surface area contributed by atoms with Crippen LogP contribution in [0, 0.1) is 5.92 Å². The molecular weight excluding hydrogens is 348 g/mol. The van der Waals surface area contributed by atoms with Crippen molar-refractivity contribution in [2.75, 3.05) is 0 Å². The van der Waals surface area contributed by atoms with Crippen LogP contribution in [0.15, 0.2) is 83.5 Å². The van der Waals surface area contributed by atoms with Crippen molar-refractivity contribution < 1.29 is 9.53 Å². The van der Waals surface area contributed by atoms with Crippen molar-refractivity contribution in [3.8, 4) is 5.75 Å². The number of para-hydroxylation sites is 1. The molecule has 0 saturated carbocycles. The first-order valence-corrected chi connectivity index (χ1v) is 9.49. The predicted octanol–water partition coefficient (Wildman–Crippen LogP) is 5.28. The van der Waals surface area contributed by atoms with Gasteiger partial charge in [-0.2, -0.15) is 5.10 Å². The van der Waals surface area contributed by atoms with E-state index in [1.165, 1.54) is 0 Å². The van der Waals surface area contributed by atoms with E-state index in [1.54, 1.807) is 12.1 Å². The molecular formula is C24H26N2O2. The van der Waals surface area contributed by atoms with Gasteiger partial charge < -0.3 is 4.74 Å². The number of carbonyl (C=O) groups is 1. The van der Waals surface area contributed by atoms with Crippen molar-refractivity contribution in [2.24, 2.45) is 11.0 Å². The number of rotatable bonds is 6. The van der Waals surface area contributed by atoms with Crippen molar-refractivity contribution in [1.29, 1.82) is 0 Å². The number of nitrogens with zero attached hydrogens (tertiary/aromatic N) is 1. The molecule has 0 saturated heterocycles. The minimum atomic E-state index is -0.276. The van der Waals surface area contributed by atoms with Crippen molar-refractivity contribution in [3.05, 3.63) is 89.5 Å². The van der Waals surface area contributed by atoms with Gasteiger partial charge in [-0.15, -0.1) is 0 Å². The van der Waals surface area contributed by atoms with Gasteiger partial charge >= 0.3 is 0 Å². The lowest BCUT2D eigenvalue weighted by Gasteiger charge is -2.22. The number of carbonyl (C=O) groups excluding carboxylic acids is 1. The third-order valence-electron chi connectivity index (χ3n) is 4.96. The van der Waals surface area contributed by atoms with Gasteiger partial charge in [0.1, 0.15) is 12.4 Å². The van der Waals surface area contributed by atoms with Gasteiger partial charge in [-0.25, -0.2) is 5.43 Å². The summed E-state index contributed by atoms with van der Waals surface area (Å²) in [6, 6.07) is 17.1. The summed E-state index contributed by atoms with van der Waals surface area (Å²) in [5, 5.41) is 4.38. The summed E-state index contributed by atoms with van der Waals surface area (Å²) in [5.74, 6) is 0.641. The second kappa shape index (κ2) is 9.18. The van der Waals surface area contributed by atoms with E-state index in [2.05, 4.69) is 23.2 Å². The summed E-state index contributed by atoms with van der Waals surface area (Å²) in [6.45, 7) is 8.52. The van der Waals surface area contributed by atoms with Gasteiger partial charge in [0.25, 0.3) is 5.91 Å². The van der Waals surface area contributed by atoms with E-state index < -0.39 is 0 Å². The molecule has 0 aliphatic heterocycles. The zero-order chi connectivity index (χ0) is 19.9. The normalized spacial score (nSPS) is 17.7. The lowest BCUT2D eigenvalue weighted by atomic mass is 9.85. The first-order valence-electron chi connectivity index (χ1n) is 9.49. The molecule has 1 aliphatic rings. The van der Waals surface area contributed by atoms with E-state index in [0.29, 0.717) is 23.8 Å². The highest BCUT2D eigenvalue weighted by atomic mass is 16.5. The Bertz CT molecular complexity index is 913. The maximum atomic E-state index is 12.7. The number of allylic oxidation sites excluding steroid dienone is 3. The fraction of sp³-hybridized carbons (Fsp3) is 0.250. The molecule has 28 heavy (non-hydrogen) atoms. The molecule has 1 atom stereocenters. The quantitative estimate of drug-likeness (QED) is 0.552. The predicted molar refractivity (Wildman–Crippen MR) is 113 cm³/mol. The van der Waals surface area contributed by atoms with E-state index in [0.717, 1.165) is 35.3 Å². The number of benzene rings is 2. The number of nitrogens with one attached hydrogen (secondary N) is 1. The Labute approximate surface area is 166 Å². The molecule has 2 aromatic rings. The molecule has 0 radical (unpaired) electrons. The molecule has 0 fully saturated rings. The third-order valence-corrected chi connectivity index (χ3v) is 4.96. The van der Waals surface area contributed by atoms with Crippen molar-refractivity contribution in [3.63, 3.8) is 0 Å². The summed E-state index contributed by atoms with van der Waals surface area (Å²) in [5.41, 5.74) is 7.36. The number of ether oxygens (including phenoxy) is 1. The Kier molecular flexibility index (Phi) is 6.43. The summed E-state index contributed by atoms with van der Waals surface area (Å²) < 4.78 is 5.87. The molecule has 1 N–H and O–H groups in total. The lowest BCUT2D eigenvalue weighted by molar-refractivity contribution is 0.0950. The van der Waals surface area contributed by atoms with Gasteiger partial charge in [0.2, 0.25) is 0 Å². The zero-order valence-electron chi connectivity index (χ0n) is 16.4. The Morgan fingerprint density at radius 1 is 1.18 bits per heavy atom. The summed E-state index contributed by atoms with van der Waals surface area (Å²) >= 11 is 0. The second-order valence-electron chi connectivity index (χ2n) is 7.14. The molecule has 144 valence electrons. The number of hydrazone groups is 1. The molecule has 2 aromatic carbocycles. The maximum Gasteiger partial charge on any atom is 0.275 e. The van der Waals surface area contributed by atoms with Crippen LogP contribution < -0.4 is 10.2 Å². The highest BCUT2D eigenvalue weighted by molar-refractivity contribution is 6.03. The van der Waals surface area contributed by atoms with Crippen molar-refractivity contribution in [2.45, 2.75) is 33.3 Å². The molecule has 1 aliphatic carbocycles. The van der Waals surface area contributed by atoms with E-state index in [1.807, 2.05) is 56.3 Å². The molecule has 4 nitrogen and oxygen atoms in total. The Morgan fingerprint density at radius 2 is 1.89 bits per heavy atom. The molecule has 0 bridgehead atoms. The summed E-state index contributed by atoms with van der Waals surface area (Å²) in [4.78, 5) is 12.7. The molecule has 0 heterocycles. The lowest BCUT2D eigenvalue weighted by Crippen LogP contribution is -2.23. The first kappa shape index (κ1) is 19.6. The Balaban J connectivity index is 1.70. The molecule has 0 spiro atoms. The van der Waals surface area contributed by atoms with E-state index in [4.69, 9.17) is 4.74 Å². The van der Waals surface area contributed by atoms with Crippen molar-refractivity contribution >= 4 is 11.6 Å². The number of hydrogen-bond donors (Lipinski definition) is 1. The molecule has 3 rings (SSSR count).